The zero-order chi connectivity index (χ0) is 14.1. The van der Waals surface area contributed by atoms with E-state index in [9.17, 15) is 0 Å². The largest absolute Gasteiger partial charge is 0.221 e. The summed E-state index contributed by atoms with van der Waals surface area (Å²) in [5.41, 5.74) is 5.36. The third-order valence-electron chi connectivity index (χ3n) is 3.32. The number of hydrogen-bond donors (Lipinski definition) is 0. The molecule has 2 aromatic carbocycles. The summed E-state index contributed by atoms with van der Waals surface area (Å²) in [6.45, 7) is 4.15. The number of aryl methyl sites for hydroxylation is 2. The fraction of sp³-hybridized carbons (Fsp3) is 0.118. The van der Waals surface area contributed by atoms with Gasteiger partial charge in [0.15, 0.2) is 0 Å². The van der Waals surface area contributed by atoms with Gasteiger partial charge < -0.3 is 0 Å². The van der Waals surface area contributed by atoms with E-state index in [0.29, 0.717) is 5.15 Å². The van der Waals surface area contributed by atoms with Crippen molar-refractivity contribution in [1.29, 1.82) is 0 Å². The average Bonchev–Trinajstić information content (AvgIpc) is 2.82. The van der Waals surface area contributed by atoms with Gasteiger partial charge in [0.2, 0.25) is 0 Å². The molecule has 0 aliphatic heterocycles. The molecule has 1 aromatic heterocycles. The molecule has 3 rings (SSSR count). The molecule has 0 atom stereocenters. The third-order valence-corrected chi connectivity index (χ3v) is 3.59. The van der Waals surface area contributed by atoms with Crippen LogP contribution in [0.2, 0.25) is 5.15 Å². The highest BCUT2D eigenvalue weighted by molar-refractivity contribution is 6.30. The van der Waals surface area contributed by atoms with Gasteiger partial charge in [-0.15, -0.1) is 0 Å². The molecule has 3 aromatic rings. The SMILES string of the molecule is Cc1ccc(-n2nc(-c3ccccc3)cc2Cl)c(C)c1. The Balaban J connectivity index is 2.10. The van der Waals surface area contributed by atoms with Gasteiger partial charge in [-0.1, -0.05) is 59.6 Å². The molecule has 100 valence electrons. The van der Waals surface area contributed by atoms with Gasteiger partial charge >= 0.3 is 0 Å². The van der Waals surface area contributed by atoms with Crippen molar-refractivity contribution in [3.8, 4) is 16.9 Å². The van der Waals surface area contributed by atoms with E-state index in [1.165, 1.54) is 5.56 Å². The molecule has 0 aliphatic carbocycles. The van der Waals surface area contributed by atoms with Crippen LogP contribution in [-0.4, -0.2) is 9.78 Å². The molecule has 20 heavy (non-hydrogen) atoms. The Morgan fingerprint density at radius 1 is 0.950 bits per heavy atom. The predicted molar refractivity (Wildman–Crippen MR) is 83.5 cm³/mol. The Morgan fingerprint density at radius 2 is 1.70 bits per heavy atom. The lowest BCUT2D eigenvalue weighted by Crippen LogP contribution is -1.99. The Labute approximate surface area is 123 Å². The van der Waals surface area contributed by atoms with Crippen LogP contribution in [0.1, 0.15) is 11.1 Å². The summed E-state index contributed by atoms with van der Waals surface area (Å²) in [4.78, 5) is 0. The van der Waals surface area contributed by atoms with Gasteiger partial charge in [0.05, 0.1) is 11.4 Å². The van der Waals surface area contributed by atoms with Gasteiger partial charge in [-0.2, -0.15) is 5.10 Å². The molecule has 0 N–H and O–H groups in total. The highest BCUT2D eigenvalue weighted by Gasteiger charge is 2.11. The molecule has 0 amide bonds. The minimum absolute atomic E-state index is 0.621. The molecule has 3 heteroatoms. The van der Waals surface area contributed by atoms with Crippen LogP contribution in [0.3, 0.4) is 0 Å². The molecular weight excluding hydrogens is 268 g/mol. The van der Waals surface area contributed by atoms with E-state index in [1.807, 2.05) is 36.4 Å². The summed E-state index contributed by atoms with van der Waals surface area (Å²) >= 11 is 6.34. The second-order valence-corrected chi connectivity index (χ2v) is 5.31. The van der Waals surface area contributed by atoms with Crippen LogP contribution in [0.4, 0.5) is 0 Å². The average molecular weight is 283 g/mol. The first kappa shape index (κ1) is 12.9. The van der Waals surface area contributed by atoms with Crippen molar-refractivity contribution in [1.82, 2.24) is 9.78 Å². The van der Waals surface area contributed by atoms with E-state index < -0.39 is 0 Å². The van der Waals surface area contributed by atoms with Crippen LogP contribution >= 0.6 is 11.6 Å². The fourth-order valence-corrected chi connectivity index (χ4v) is 2.55. The fourth-order valence-electron chi connectivity index (χ4n) is 2.32. The monoisotopic (exact) mass is 282 g/mol. The molecule has 0 unspecified atom stereocenters. The first-order valence-corrected chi connectivity index (χ1v) is 6.91. The Hall–Kier alpha value is -2.06. The van der Waals surface area contributed by atoms with Crippen LogP contribution in [0.15, 0.2) is 54.6 Å². The lowest BCUT2D eigenvalue weighted by molar-refractivity contribution is 0.876. The summed E-state index contributed by atoms with van der Waals surface area (Å²) in [7, 11) is 0. The molecule has 0 radical (unpaired) electrons. The zero-order valence-corrected chi connectivity index (χ0v) is 12.2. The molecule has 0 aliphatic rings. The summed E-state index contributed by atoms with van der Waals surface area (Å²) in [5.74, 6) is 0. The number of nitrogens with zero attached hydrogens (tertiary/aromatic N) is 2. The minimum atomic E-state index is 0.621. The van der Waals surface area contributed by atoms with Gasteiger partial charge in [0.25, 0.3) is 0 Å². The van der Waals surface area contributed by atoms with Gasteiger partial charge in [-0.05, 0) is 25.5 Å². The molecule has 2 nitrogen and oxygen atoms in total. The summed E-state index contributed by atoms with van der Waals surface area (Å²) in [6.07, 6.45) is 0. The summed E-state index contributed by atoms with van der Waals surface area (Å²) < 4.78 is 1.79. The second kappa shape index (κ2) is 5.14. The van der Waals surface area contributed by atoms with Crippen molar-refractivity contribution in [3.63, 3.8) is 0 Å². The number of halogens is 1. The van der Waals surface area contributed by atoms with Crippen molar-refractivity contribution in [2.45, 2.75) is 13.8 Å². The minimum Gasteiger partial charge on any atom is -0.221 e. The van der Waals surface area contributed by atoms with Crippen LogP contribution in [0.25, 0.3) is 16.9 Å². The van der Waals surface area contributed by atoms with Gasteiger partial charge in [0.1, 0.15) is 5.15 Å². The van der Waals surface area contributed by atoms with E-state index in [2.05, 4.69) is 37.1 Å². The standard InChI is InChI=1S/C17H15ClN2/c1-12-8-9-16(13(2)10-12)20-17(18)11-15(19-20)14-6-4-3-5-7-14/h3-11H,1-2H3. The first-order valence-electron chi connectivity index (χ1n) is 6.54. The number of benzene rings is 2. The van der Waals surface area contributed by atoms with Crippen LogP contribution in [0.5, 0.6) is 0 Å². The summed E-state index contributed by atoms with van der Waals surface area (Å²) in [6, 6.07) is 18.2. The number of rotatable bonds is 2. The maximum atomic E-state index is 6.34. The van der Waals surface area contributed by atoms with Crippen LogP contribution in [0, 0.1) is 13.8 Å². The molecule has 0 spiro atoms. The number of aromatic nitrogens is 2. The molecule has 0 saturated heterocycles. The van der Waals surface area contributed by atoms with Gasteiger partial charge in [0, 0.05) is 11.6 Å². The first-order chi connectivity index (χ1) is 9.65. The van der Waals surface area contributed by atoms with Crippen molar-refractivity contribution < 1.29 is 0 Å². The normalized spacial score (nSPS) is 10.8. The molecular formula is C17H15ClN2. The van der Waals surface area contributed by atoms with E-state index in [-0.39, 0.29) is 0 Å². The highest BCUT2D eigenvalue weighted by Crippen LogP contribution is 2.26. The molecule has 0 bridgehead atoms. The highest BCUT2D eigenvalue weighted by atomic mass is 35.5. The van der Waals surface area contributed by atoms with E-state index in [0.717, 1.165) is 22.5 Å². The maximum Gasteiger partial charge on any atom is 0.133 e. The lowest BCUT2D eigenvalue weighted by atomic mass is 10.1. The van der Waals surface area contributed by atoms with Crippen molar-refractivity contribution >= 4 is 11.6 Å². The Morgan fingerprint density at radius 3 is 2.40 bits per heavy atom. The van der Waals surface area contributed by atoms with Gasteiger partial charge in [-0.25, -0.2) is 4.68 Å². The quantitative estimate of drug-likeness (QED) is 0.659. The molecule has 0 saturated carbocycles. The van der Waals surface area contributed by atoms with E-state index >= 15 is 0 Å². The number of hydrogen-bond acceptors (Lipinski definition) is 1. The second-order valence-electron chi connectivity index (χ2n) is 4.92. The summed E-state index contributed by atoms with van der Waals surface area (Å²) in [5, 5.41) is 5.25. The van der Waals surface area contributed by atoms with E-state index in [1.54, 1.807) is 4.68 Å². The smallest absolute Gasteiger partial charge is 0.133 e. The van der Waals surface area contributed by atoms with Gasteiger partial charge in [-0.3, -0.25) is 0 Å². The van der Waals surface area contributed by atoms with Crippen molar-refractivity contribution in [2.24, 2.45) is 0 Å². The molecule has 0 fully saturated rings. The van der Waals surface area contributed by atoms with Crippen molar-refractivity contribution in [2.75, 3.05) is 0 Å². The van der Waals surface area contributed by atoms with E-state index in [4.69, 9.17) is 11.6 Å². The maximum absolute atomic E-state index is 6.34. The Bertz CT molecular complexity index is 745. The topological polar surface area (TPSA) is 17.8 Å². The lowest BCUT2D eigenvalue weighted by Gasteiger charge is -2.07. The van der Waals surface area contributed by atoms with Crippen LogP contribution in [-0.2, 0) is 0 Å². The van der Waals surface area contributed by atoms with Crippen LogP contribution < -0.4 is 0 Å². The molecule has 1 heterocycles. The Kier molecular flexibility index (Phi) is 3.33. The predicted octanol–water partition coefficient (Wildman–Crippen LogP) is 4.81. The third kappa shape index (κ3) is 2.35. The van der Waals surface area contributed by atoms with Crippen molar-refractivity contribution in [3.05, 3.63) is 70.9 Å². The zero-order valence-electron chi connectivity index (χ0n) is 11.5.